The minimum absolute atomic E-state index is 0.176. The Kier molecular flexibility index (Phi) is 5.37. The Balaban J connectivity index is 3.16. The molecule has 0 aliphatic rings. The van der Waals surface area contributed by atoms with Crippen molar-refractivity contribution in [3.05, 3.63) is 41.1 Å². The predicted octanol–water partition coefficient (Wildman–Crippen LogP) is 1.48. The van der Waals surface area contributed by atoms with E-state index in [0.29, 0.717) is 0 Å². The van der Waals surface area contributed by atoms with E-state index in [-0.39, 0.29) is 11.4 Å². The first-order valence-corrected chi connectivity index (χ1v) is 5.47. The lowest BCUT2D eigenvalue weighted by Gasteiger charge is -2.09. The number of rotatable bonds is 4. The largest absolute Gasteiger partial charge is 0.466 e. The number of ether oxygens (including phenoxy) is 2. The van der Waals surface area contributed by atoms with Crippen LogP contribution in [0.5, 0.6) is 0 Å². The summed E-state index contributed by atoms with van der Waals surface area (Å²) in [5, 5.41) is 10.9. The zero-order chi connectivity index (χ0) is 16.0. The third kappa shape index (κ3) is 4.01. The maximum Gasteiger partial charge on any atom is 0.354 e. The van der Waals surface area contributed by atoms with Gasteiger partial charge in [0.15, 0.2) is 0 Å². The SMILES string of the molecule is COC(=O)/C=C(/Nc1cc(F)c(C#N)c(F)c1)C(=O)OC. The second kappa shape index (κ2) is 7.00. The van der Waals surface area contributed by atoms with Crippen LogP contribution in [0.3, 0.4) is 0 Å². The van der Waals surface area contributed by atoms with E-state index in [0.717, 1.165) is 32.4 Å². The van der Waals surface area contributed by atoms with E-state index in [4.69, 9.17) is 5.26 Å². The van der Waals surface area contributed by atoms with Crippen LogP contribution in [-0.2, 0) is 19.1 Å². The molecule has 0 saturated carbocycles. The van der Waals surface area contributed by atoms with Gasteiger partial charge >= 0.3 is 11.9 Å². The van der Waals surface area contributed by atoms with Crippen LogP contribution in [-0.4, -0.2) is 26.2 Å². The number of halogens is 2. The normalized spacial score (nSPS) is 10.5. The van der Waals surface area contributed by atoms with Gasteiger partial charge in [-0.2, -0.15) is 5.26 Å². The van der Waals surface area contributed by atoms with Crippen LogP contribution in [0.15, 0.2) is 23.9 Å². The van der Waals surface area contributed by atoms with E-state index in [9.17, 15) is 18.4 Å². The lowest BCUT2D eigenvalue weighted by atomic mass is 10.2. The van der Waals surface area contributed by atoms with Crippen molar-refractivity contribution in [2.75, 3.05) is 19.5 Å². The number of methoxy groups -OCH3 is 2. The summed E-state index contributed by atoms with van der Waals surface area (Å²) in [6.45, 7) is 0. The highest BCUT2D eigenvalue weighted by molar-refractivity contribution is 5.98. The molecule has 6 nitrogen and oxygen atoms in total. The number of nitriles is 1. The summed E-state index contributed by atoms with van der Waals surface area (Å²) in [7, 11) is 2.16. The fraction of sp³-hybridized carbons (Fsp3) is 0.154. The van der Waals surface area contributed by atoms with Crippen LogP contribution in [0.1, 0.15) is 5.56 Å². The van der Waals surface area contributed by atoms with Crippen molar-refractivity contribution in [3.8, 4) is 6.07 Å². The zero-order valence-corrected chi connectivity index (χ0v) is 11.1. The number of esters is 2. The summed E-state index contributed by atoms with van der Waals surface area (Å²) < 4.78 is 35.6. The minimum Gasteiger partial charge on any atom is -0.466 e. The second-order valence-electron chi connectivity index (χ2n) is 3.62. The maximum absolute atomic E-state index is 13.4. The molecule has 1 aromatic rings. The van der Waals surface area contributed by atoms with Crippen molar-refractivity contribution in [1.29, 1.82) is 5.26 Å². The van der Waals surface area contributed by atoms with E-state index >= 15 is 0 Å². The van der Waals surface area contributed by atoms with Gasteiger partial charge in [0.05, 0.1) is 20.3 Å². The molecule has 0 aliphatic heterocycles. The molecule has 0 amide bonds. The van der Waals surface area contributed by atoms with Gasteiger partial charge in [0.25, 0.3) is 0 Å². The smallest absolute Gasteiger partial charge is 0.354 e. The number of nitrogens with zero attached hydrogens (tertiary/aromatic N) is 1. The highest BCUT2D eigenvalue weighted by Gasteiger charge is 2.16. The van der Waals surface area contributed by atoms with Gasteiger partial charge in [-0.1, -0.05) is 0 Å². The van der Waals surface area contributed by atoms with Gasteiger partial charge in [0.2, 0.25) is 0 Å². The zero-order valence-electron chi connectivity index (χ0n) is 11.1. The molecular weight excluding hydrogens is 286 g/mol. The van der Waals surface area contributed by atoms with Crippen molar-refractivity contribution >= 4 is 17.6 Å². The van der Waals surface area contributed by atoms with Gasteiger partial charge in [-0.25, -0.2) is 18.4 Å². The highest BCUT2D eigenvalue weighted by Crippen LogP contribution is 2.19. The predicted molar refractivity (Wildman–Crippen MR) is 66.8 cm³/mol. The summed E-state index contributed by atoms with van der Waals surface area (Å²) in [6, 6.07) is 2.96. The molecule has 0 heterocycles. The molecule has 1 aromatic carbocycles. The summed E-state index contributed by atoms with van der Waals surface area (Å²) in [5.74, 6) is -4.02. The van der Waals surface area contributed by atoms with Gasteiger partial charge in [-0.05, 0) is 12.1 Å². The number of carbonyl (C=O) groups is 2. The molecule has 21 heavy (non-hydrogen) atoms. The van der Waals surface area contributed by atoms with E-state index < -0.39 is 29.1 Å². The van der Waals surface area contributed by atoms with E-state index in [1.54, 1.807) is 0 Å². The second-order valence-corrected chi connectivity index (χ2v) is 3.62. The molecule has 0 aromatic heterocycles. The van der Waals surface area contributed by atoms with E-state index in [1.165, 1.54) is 6.07 Å². The van der Waals surface area contributed by atoms with Crippen LogP contribution >= 0.6 is 0 Å². The van der Waals surface area contributed by atoms with Gasteiger partial charge in [0, 0.05) is 5.69 Å². The molecule has 0 atom stereocenters. The van der Waals surface area contributed by atoms with Crippen LogP contribution in [0.2, 0.25) is 0 Å². The number of hydrogen-bond donors (Lipinski definition) is 1. The Labute approximate surface area is 118 Å². The van der Waals surface area contributed by atoms with Gasteiger partial charge < -0.3 is 14.8 Å². The number of nitrogens with one attached hydrogen (secondary N) is 1. The first-order valence-electron chi connectivity index (χ1n) is 5.47. The van der Waals surface area contributed by atoms with Crippen molar-refractivity contribution in [3.63, 3.8) is 0 Å². The molecule has 0 bridgehead atoms. The molecule has 0 spiro atoms. The third-order valence-corrected chi connectivity index (χ3v) is 2.30. The monoisotopic (exact) mass is 296 g/mol. The maximum atomic E-state index is 13.4. The van der Waals surface area contributed by atoms with Crippen LogP contribution in [0.25, 0.3) is 0 Å². The van der Waals surface area contributed by atoms with Crippen LogP contribution < -0.4 is 5.32 Å². The molecular formula is C13H10F2N2O4. The number of hydrogen-bond acceptors (Lipinski definition) is 6. The average molecular weight is 296 g/mol. The van der Waals surface area contributed by atoms with E-state index in [2.05, 4.69) is 14.8 Å². The molecule has 8 heteroatoms. The van der Waals surface area contributed by atoms with Crippen LogP contribution in [0, 0.1) is 23.0 Å². The number of benzene rings is 1. The molecule has 1 rings (SSSR count). The van der Waals surface area contributed by atoms with Crippen molar-refractivity contribution in [2.24, 2.45) is 0 Å². The number of anilines is 1. The molecule has 0 aliphatic carbocycles. The Hall–Kier alpha value is -2.95. The first-order chi connectivity index (χ1) is 9.92. The fourth-order valence-electron chi connectivity index (χ4n) is 1.34. The van der Waals surface area contributed by atoms with Crippen LogP contribution in [0.4, 0.5) is 14.5 Å². The number of carbonyl (C=O) groups excluding carboxylic acids is 2. The lowest BCUT2D eigenvalue weighted by molar-refractivity contribution is -0.138. The topological polar surface area (TPSA) is 88.4 Å². The Morgan fingerprint density at radius 1 is 1.24 bits per heavy atom. The summed E-state index contributed by atoms with van der Waals surface area (Å²) in [6.07, 6.45) is 0.764. The standard InChI is InChI=1S/C13H10F2N2O4/c1-20-12(18)5-11(13(19)21-2)17-7-3-9(14)8(6-16)10(15)4-7/h3-5,17H,1-2H3/b11-5+. The highest BCUT2D eigenvalue weighted by atomic mass is 19.1. The van der Waals surface area contributed by atoms with Gasteiger partial charge in [-0.15, -0.1) is 0 Å². The summed E-state index contributed by atoms with van der Waals surface area (Å²) in [5.41, 5.74) is -1.31. The molecule has 0 radical (unpaired) electrons. The van der Waals surface area contributed by atoms with Crippen molar-refractivity contribution < 1.29 is 27.8 Å². The average Bonchev–Trinajstić information content (AvgIpc) is 2.45. The third-order valence-electron chi connectivity index (χ3n) is 2.30. The Morgan fingerprint density at radius 2 is 1.81 bits per heavy atom. The van der Waals surface area contributed by atoms with Gasteiger partial charge in [0.1, 0.15) is 29.0 Å². The molecule has 110 valence electrons. The Morgan fingerprint density at radius 3 is 2.24 bits per heavy atom. The lowest BCUT2D eigenvalue weighted by Crippen LogP contribution is -2.15. The first kappa shape index (κ1) is 16.1. The Bertz CT molecular complexity index is 627. The quantitative estimate of drug-likeness (QED) is 0.668. The summed E-state index contributed by atoms with van der Waals surface area (Å²) >= 11 is 0. The van der Waals surface area contributed by atoms with Crippen molar-refractivity contribution in [2.45, 2.75) is 0 Å². The van der Waals surface area contributed by atoms with E-state index in [1.807, 2.05) is 0 Å². The fourth-order valence-corrected chi connectivity index (χ4v) is 1.34. The minimum atomic E-state index is -1.11. The molecule has 0 unspecified atom stereocenters. The molecule has 0 fully saturated rings. The molecule has 1 N–H and O–H groups in total. The summed E-state index contributed by atoms with van der Waals surface area (Å²) in [4.78, 5) is 22.6. The van der Waals surface area contributed by atoms with Crippen molar-refractivity contribution in [1.82, 2.24) is 0 Å². The van der Waals surface area contributed by atoms with Gasteiger partial charge in [-0.3, -0.25) is 0 Å². The molecule has 0 saturated heterocycles.